The highest BCUT2D eigenvalue weighted by Crippen LogP contribution is 2.35. The van der Waals surface area contributed by atoms with Gasteiger partial charge in [-0.15, -0.1) is 0 Å². The van der Waals surface area contributed by atoms with Crippen molar-refractivity contribution in [1.82, 2.24) is 9.88 Å². The minimum atomic E-state index is 0.774. The van der Waals surface area contributed by atoms with Crippen molar-refractivity contribution in [3.63, 3.8) is 0 Å². The van der Waals surface area contributed by atoms with Gasteiger partial charge >= 0.3 is 0 Å². The predicted molar refractivity (Wildman–Crippen MR) is 101 cm³/mol. The highest BCUT2D eigenvalue weighted by atomic mass is 79.9. The van der Waals surface area contributed by atoms with E-state index in [9.17, 15) is 4.79 Å². The summed E-state index contributed by atoms with van der Waals surface area (Å²) in [5, 5.41) is 4.38. The minimum Gasteiger partial charge on any atom is -0.355 e. The number of nitrogens with zero attached hydrogens (tertiary/aromatic N) is 2. The second-order valence-corrected chi connectivity index (χ2v) is 6.84. The van der Waals surface area contributed by atoms with Gasteiger partial charge in [0, 0.05) is 41.7 Å². The Balaban J connectivity index is 2.01. The maximum atomic E-state index is 11.9. The van der Waals surface area contributed by atoms with Gasteiger partial charge in [-0.2, -0.15) is 0 Å². The molecular formula is C19H18BrN3O. The van der Waals surface area contributed by atoms with Crippen LogP contribution in [0.15, 0.2) is 53.0 Å². The number of aromatic nitrogens is 1. The fourth-order valence-electron chi connectivity index (χ4n) is 3.41. The summed E-state index contributed by atoms with van der Waals surface area (Å²) in [6.45, 7) is 3.65. The van der Waals surface area contributed by atoms with Crippen LogP contribution in [0.2, 0.25) is 0 Å². The fraction of sp³-hybridized carbons (Fsp3) is 0.211. The van der Waals surface area contributed by atoms with Crippen molar-refractivity contribution in [2.24, 2.45) is 0 Å². The van der Waals surface area contributed by atoms with E-state index in [1.807, 2.05) is 30.3 Å². The van der Waals surface area contributed by atoms with Gasteiger partial charge in [0.2, 0.25) is 0 Å². The van der Waals surface area contributed by atoms with Gasteiger partial charge in [-0.3, -0.25) is 9.36 Å². The first-order valence-corrected chi connectivity index (χ1v) is 8.89. The van der Waals surface area contributed by atoms with Crippen molar-refractivity contribution >= 4 is 38.9 Å². The molecule has 24 heavy (non-hydrogen) atoms. The first kappa shape index (κ1) is 15.4. The number of piperazine rings is 1. The Kier molecular flexibility index (Phi) is 4.12. The highest BCUT2D eigenvalue weighted by molar-refractivity contribution is 9.10. The van der Waals surface area contributed by atoms with Crippen LogP contribution in [0.25, 0.3) is 16.6 Å². The molecule has 1 saturated heterocycles. The standard InChI is InChI=1S/C19H18BrN3O/c20-14-5-7-15(8-6-14)23-18-4-2-1-3-16(18)17(13-24)19(23)22-11-9-21-10-12-22/h1-8,13,21H,9-12H2. The molecule has 0 unspecified atom stereocenters. The number of carbonyl (C=O) groups is 1. The van der Waals surface area contributed by atoms with Crippen LogP contribution >= 0.6 is 15.9 Å². The van der Waals surface area contributed by atoms with Crippen molar-refractivity contribution in [1.29, 1.82) is 0 Å². The Labute approximate surface area is 149 Å². The zero-order valence-electron chi connectivity index (χ0n) is 13.2. The minimum absolute atomic E-state index is 0.774. The molecule has 4 rings (SSSR count). The number of hydrogen-bond acceptors (Lipinski definition) is 3. The average Bonchev–Trinajstić information content (AvgIpc) is 2.97. The summed E-state index contributed by atoms with van der Waals surface area (Å²) >= 11 is 3.50. The Bertz CT molecular complexity index is 880. The second-order valence-electron chi connectivity index (χ2n) is 5.92. The van der Waals surface area contributed by atoms with Gasteiger partial charge in [0.25, 0.3) is 0 Å². The summed E-state index contributed by atoms with van der Waals surface area (Å²) in [5.41, 5.74) is 2.90. The van der Waals surface area contributed by atoms with E-state index in [-0.39, 0.29) is 0 Å². The summed E-state index contributed by atoms with van der Waals surface area (Å²) in [5.74, 6) is 0.995. The summed E-state index contributed by atoms with van der Waals surface area (Å²) in [7, 11) is 0. The normalized spacial score (nSPS) is 15.0. The smallest absolute Gasteiger partial charge is 0.154 e. The van der Waals surface area contributed by atoms with Crippen LogP contribution in [0.3, 0.4) is 0 Å². The number of nitrogens with one attached hydrogen (secondary N) is 1. The van der Waals surface area contributed by atoms with Crippen LogP contribution in [0.5, 0.6) is 0 Å². The van der Waals surface area contributed by atoms with Crippen molar-refractivity contribution < 1.29 is 4.79 Å². The molecule has 2 heterocycles. The van der Waals surface area contributed by atoms with E-state index in [4.69, 9.17) is 0 Å². The summed E-state index contributed by atoms with van der Waals surface area (Å²) in [6, 6.07) is 16.3. The summed E-state index contributed by atoms with van der Waals surface area (Å²) in [6.07, 6.45) is 0.995. The topological polar surface area (TPSA) is 37.3 Å². The summed E-state index contributed by atoms with van der Waals surface area (Å²) in [4.78, 5) is 14.2. The molecule has 122 valence electrons. The molecular weight excluding hydrogens is 366 g/mol. The number of aldehydes is 1. The molecule has 3 aromatic rings. The van der Waals surface area contributed by atoms with Gasteiger partial charge in [-0.1, -0.05) is 34.1 Å². The highest BCUT2D eigenvalue weighted by Gasteiger charge is 2.23. The maximum Gasteiger partial charge on any atom is 0.154 e. The lowest BCUT2D eigenvalue weighted by Gasteiger charge is -2.31. The van der Waals surface area contributed by atoms with Crippen molar-refractivity contribution in [3.05, 3.63) is 58.6 Å². The molecule has 5 heteroatoms. The zero-order chi connectivity index (χ0) is 16.5. The Hall–Kier alpha value is -2.11. The van der Waals surface area contributed by atoms with Crippen LogP contribution in [0.1, 0.15) is 10.4 Å². The molecule has 1 N–H and O–H groups in total. The van der Waals surface area contributed by atoms with Crippen molar-refractivity contribution in [3.8, 4) is 5.69 Å². The largest absolute Gasteiger partial charge is 0.355 e. The Morgan fingerprint density at radius 2 is 1.71 bits per heavy atom. The van der Waals surface area contributed by atoms with E-state index >= 15 is 0 Å². The number of hydrogen-bond donors (Lipinski definition) is 1. The lowest BCUT2D eigenvalue weighted by molar-refractivity contribution is 0.112. The third-order valence-corrected chi connectivity index (χ3v) is 5.04. The number of anilines is 1. The van der Waals surface area contributed by atoms with E-state index in [2.05, 4.69) is 48.9 Å². The van der Waals surface area contributed by atoms with Crippen LogP contribution in [-0.2, 0) is 0 Å². The van der Waals surface area contributed by atoms with Gasteiger partial charge in [-0.25, -0.2) is 0 Å². The van der Waals surface area contributed by atoms with Crippen LogP contribution in [0, 0.1) is 0 Å². The summed E-state index contributed by atoms with van der Waals surface area (Å²) < 4.78 is 3.25. The van der Waals surface area contributed by atoms with Crippen LogP contribution < -0.4 is 10.2 Å². The number of para-hydroxylation sites is 1. The molecule has 0 saturated carbocycles. The molecule has 4 nitrogen and oxygen atoms in total. The molecule has 0 bridgehead atoms. The Morgan fingerprint density at radius 3 is 2.42 bits per heavy atom. The van der Waals surface area contributed by atoms with Crippen molar-refractivity contribution in [2.75, 3.05) is 31.1 Å². The van der Waals surface area contributed by atoms with Gasteiger partial charge in [0.05, 0.1) is 11.1 Å². The SMILES string of the molecule is O=Cc1c(N2CCNCC2)n(-c2ccc(Br)cc2)c2ccccc12. The first-order valence-electron chi connectivity index (χ1n) is 8.10. The third-order valence-electron chi connectivity index (χ3n) is 4.51. The Morgan fingerprint density at radius 1 is 1.00 bits per heavy atom. The van der Waals surface area contributed by atoms with E-state index < -0.39 is 0 Å². The van der Waals surface area contributed by atoms with E-state index in [1.54, 1.807) is 0 Å². The molecule has 1 aromatic heterocycles. The molecule has 0 radical (unpaired) electrons. The molecule has 2 aromatic carbocycles. The molecule has 1 aliphatic rings. The molecule has 0 aliphatic carbocycles. The van der Waals surface area contributed by atoms with Crippen LogP contribution in [0.4, 0.5) is 5.82 Å². The lowest BCUT2D eigenvalue weighted by atomic mass is 10.2. The lowest BCUT2D eigenvalue weighted by Crippen LogP contribution is -2.44. The number of fused-ring (bicyclic) bond motifs is 1. The average molecular weight is 384 g/mol. The van der Waals surface area contributed by atoms with E-state index in [0.29, 0.717) is 0 Å². The molecule has 0 spiro atoms. The van der Waals surface area contributed by atoms with E-state index in [0.717, 1.165) is 64.9 Å². The fourth-order valence-corrected chi connectivity index (χ4v) is 3.67. The number of carbonyl (C=O) groups excluding carboxylic acids is 1. The second kappa shape index (κ2) is 6.42. The van der Waals surface area contributed by atoms with Gasteiger partial charge in [0.1, 0.15) is 5.82 Å². The van der Waals surface area contributed by atoms with Gasteiger partial charge in [-0.05, 0) is 30.3 Å². The van der Waals surface area contributed by atoms with E-state index in [1.165, 1.54) is 0 Å². The molecule has 1 fully saturated rings. The molecule has 1 aliphatic heterocycles. The monoisotopic (exact) mass is 383 g/mol. The van der Waals surface area contributed by atoms with Gasteiger partial charge in [0.15, 0.2) is 6.29 Å². The maximum absolute atomic E-state index is 11.9. The van der Waals surface area contributed by atoms with Crippen LogP contribution in [-0.4, -0.2) is 37.0 Å². The number of benzene rings is 2. The third kappa shape index (κ3) is 2.54. The first-order chi connectivity index (χ1) is 11.8. The molecule has 0 amide bonds. The zero-order valence-corrected chi connectivity index (χ0v) is 14.8. The van der Waals surface area contributed by atoms with Gasteiger partial charge < -0.3 is 10.2 Å². The molecule has 0 atom stereocenters. The number of rotatable bonds is 3. The predicted octanol–water partition coefficient (Wildman–Crippen LogP) is 3.62. The van der Waals surface area contributed by atoms with Crippen molar-refractivity contribution in [2.45, 2.75) is 0 Å². The number of halogens is 1. The quantitative estimate of drug-likeness (QED) is 0.701.